The molecule has 9 heteroatoms. The largest absolute Gasteiger partial charge is 0.208 e. The van der Waals surface area contributed by atoms with E-state index >= 15 is 0 Å². The summed E-state index contributed by atoms with van der Waals surface area (Å²) in [6.07, 6.45) is 0. The number of rotatable bonds is 15. The average Bonchev–Trinajstić information content (AvgIpc) is 0.780. The van der Waals surface area contributed by atoms with Gasteiger partial charge in [-0.2, -0.15) is 0 Å². The van der Waals surface area contributed by atoms with Crippen LogP contribution in [0.15, 0.2) is 425 Å². The zero-order valence-electron chi connectivity index (χ0n) is 65.9. The van der Waals surface area contributed by atoms with Crippen molar-refractivity contribution in [2.45, 2.75) is 20.8 Å². The fourth-order valence-corrected chi connectivity index (χ4v) is 14.9. The highest BCUT2D eigenvalue weighted by Gasteiger charge is 2.20. The van der Waals surface area contributed by atoms with Gasteiger partial charge in [0.15, 0.2) is 52.4 Å². The minimum Gasteiger partial charge on any atom is -0.208 e. The minimum absolute atomic E-state index is 0.628. The van der Waals surface area contributed by atoms with Crippen molar-refractivity contribution in [2.24, 2.45) is 0 Å². The number of hydrogen-bond acceptors (Lipinski definition) is 9. The van der Waals surface area contributed by atoms with Gasteiger partial charge in [-0.05, 0) is 188 Å². The maximum Gasteiger partial charge on any atom is 0.164 e. The fourth-order valence-electron chi connectivity index (χ4n) is 14.9. The van der Waals surface area contributed by atoms with Gasteiger partial charge in [-0.15, -0.1) is 0 Å². The van der Waals surface area contributed by atoms with Gasteiger partial charge >= 0.3 is 0 Å². The summed E-state index contributed by atoms with van der Waals surface area (Å²) in [6, 6.07) is 147. The lowest BCUT2D eigenvalue weighted by atomic mass is 9.95. The number of benzene rings is 17. The molecule has 0 aliphatic rings. The van der Waals surface area contributed by atoms with Crippen molar-refractivity contribution < 1.29 is 0 Å². The van der Waals surface area contributed by atoms with Crippen LogP contribution in [0.3, 0.4) is 0 Å². The Bertz CT molecular complexity index is 6550. The van der Waals surface area contributed by atoms with Crippen molar-refractivity contribution in [1.82, 2.24) is 44.9 Å². The maximum atomic E-state index is 5.24. The monoisotopic (exact) mass is 1530 g/mol. The topological polar surface area (TPSA) is 116 Å². The van der Waals surface area contributed by atoms with E-state index in [1.807, 2.05) is 48.5 Å². The Morgan fingerprint density at radius 1 is 0.109 bits per heavy atom. The summed E-state index contributed by atoms with van der Waals surface area (Å²) in [5.41, 5.74) is 25.7. The van der Waals surface area contributed by atoms with Crippen LogP contribution < -0.4 is 0 Å². The molecule has 0 unspecified atom stereocenters. The van der Waals surface area contributed by atoms with E-state index in [1.165, 1.54) is 27.1 Å². The first-order chi connectivity index (χ1) is 58.6. The number of hydrogen-bond donors (Lipinski definition) is 0. The van der Waals surface area contributed by atoms with Crippen molar-refractivity contribution in [1.29, 1.82) is 0 Å². The smallest absolute Gasteiger partial charge is 0.164 e. The van der Waals surface area contributed by atoms with Crippen LogP contribution in [0, 0.1) is 20.8 Å². The minimum atomic E-state index is 0.628. The van der Waals surface area contributed by atoms with E-state index in [1.54, 1.807) is 0 Å². The molecule has 0 bridgehead atoms. The Labute approximate surface area is 693 Å². The van der Waals surface area contributed by atoms with Gasteiger partial charge < -0.3 is 0 Å². The van der Waals surface area contributed by atoms with Gasteiger partial charge in [-0.3, -0.25) is 0 Å². The molecule has 0 atom stereocenters. The highest BCUT2D eigenvalue weighted by atomic mass is 15.1. The van der Waals surface area contributed by atoms with Crippen molar-refractivity contribution in [2.75, 3.05) is 0 Å². The van der Waals surface area contributed by atoms with Gasteiger partial charge in [0.05, 0.1) is 0 Å². The molecule has 0 saturated carbocycles. The summed E-state index contributed by atoms with van der Waals surface area (Å²) in [6.45, 7) is 6.26. The molecule has 564 valence electrons. The molecule has 0 radical (unpaired) electrons. The lowest BCUT2D eigenvalue weighted by Gasteiger charge is -2.14. The van der Waals surface area contributed by atoms with Crippen molar-refractivity contribution in [3.63, 3.8) is 0 Å². The van der Waals surface area contributed by atoms with Crippen LogP contribution in [0.1, 0.15) is 16.7 Å². The molecule has 119 heavy (non-hydrogen) atoms. The SMILES string of the molecule is Cc1cccc(-c2nc(-c3cc(-c4ccccc4)cc(-c4ccccc4)c3)nc(-c3cc(-c4ccccc4)cc(-c4ccccc4)c3)n2)c1.Cc1cccc(-c2nc(-c3ccc4ccccc4c3)nc(-c3ccc4ccccc4c3)n2)c1.Cc1cccc(-c2nc(-c3cccc(-c4ccccc4)c3)nc(-c3cccc(-c4ccccc4)c3)n2)c1. The predicted molar refractivity (Wildman–Crippen MR) is 490 cm³/mol. The third kappa shape index (κ3) is 17.5. The van der Waals surface area contributed by atoms with Gasteiger partial charge in [-0.25, -0.2) is 44.9 Å². The Hall–Kier alpha value is -15.7. The van der Waals surface area contributed by atoms with E-state index in [9.17, 15) is 0 Å². The van der Waals surface area contributed by atoms with Crippen LogP contribution in [0.5, 0.6) is 0 Å². The third-order valence-electron chi connectivity index (χ3n) is 21.0. The van der Waals surface area contributed by atoms with Crippen molar-refractivity contribution >= 4 is 21.5 Å². The lowest BCUT2D eigenvalue weighted by molar-refractivity contribution is 1.07. The summed E-state index contributed by atoms with van der Waals surface area (Å²) >= 11 is 0. The number of aromatic nitrogens is 9. The Morgan fingerprint density at radius 3 is 0.546 bits per heavy atom. The molecule has 0 aliphatic carbocycles. The Morgan fingerprint density at radius 2 is 0.286 bits per heavy atom. The van der Waals surface area contributed by atoms with Gasteiger partial charge in [0.2, 0.25) is 0 Å². The van der Waals surface area contributed by atoms with Crippen LogP contribution >= 0.6 is 0 Å². The van der Waals surface area contributed by atoms with Crippen LogP contribution in [-0.2, 0) is 0 Å². The molecule has 0 aliphatic heterocycles. The summed E-state index contributed by atoms with van der Waals surface area (Å²) in [7, 11) is 0. The molecule has 0 saturated heterocycles. The van der Waals surface area contributed by atoms with Gasteiger partial charge in [-0.1, -0.05) is 362 Å². The Kier molecular flexibility index (Phi) is 21.7. The summed E-state index contributed by atoms with van der Waals surface area (Å²) in [5, 5.41) is 4.73. The molecule has 17 aromatic carbocycles. The molecule has 0 amide bonds. The fraction of sp³-hybridized carbons (Fsp3) is 0.0273. The van der Waals surface area contributed by atoms with Gasteiger partial charge in [0, 0.05) is 50.1 Å². The molecule has 3 aromatic heterocycles. The summed E-state index contributed by atoms with van der Waals surface area (Å²) in [4.78, 5) is 45.1. The highest BCUT2D eigenvalue weighted by Crippen LogP contribution is 2.39. The molecule has 0 fully saturated rings. The maximum absolute atomic E-state index is 5.24. The van der Waals surface area contributed by atoms with Crippen LogP contribution in [0.25, 0.3) is 191 Å². The predicted octanol–water partition coefficient (Wildman–Crippen LogP) is 27.9. The van der Waals surface area contributed by atoms with Gasteiger partial charge in [0.25, 0.3) is 0 Å². The molecular weight excluding hydrogens is 1450 g/mol. The van der Waals surface area contributed by atoms with E-state index in [4.69, 9.17) is 44.9 Å². The molecule has 20 aromatic rings. The molecule has 9 nitrogen and oxygen atoms in total. The van der Waals surface area contributed by atoms with E-state index in [0.717, 1.165) is 128 Å². The molecular formula is C110H79N9. The second-order valence-corrected chi connectivity index (χ2v) is 29.6. The van der Waals surface area contributed by atoms with E-state index < -0.39 is 0 Å². The molecule has 0 N–H and O–H groups in total. The quantitative estimate of drug-likeness (QED) is 0.0989. The van der Waals surface area contributed by atoms with Crippen LogP contribution in [0.2, 0.25) is 0 Å². The van der Waals surface area contributed by atoms with E-state index in [0.29, 0.717) is 52.4 Å². The van der Waals surface area contributed by atoms with Crippen molar-refractivity contribution in [3.8, 4) is 169 Å². The van der Waals surface area contributed by atoms with Crippen molar-refractivity contribution in [3.05, 3.63) is 441 Å². The second kappa shape index (κ2) is 34.5. The first-order valence-corrected chi connectivity index (χ1v) is 39.9. The Balaban J connectivity index is 0.000000126. The highest BCUT2D eigenvalue weighted by molar-refractivity contribution is 5.90. The van der Waals surface area contributed by atoms with Gasteiger partial charge in [0.1, 0.15) is 0 Å². The van der Waals surface area contributed by atoms with E-state index in [-0.39, 0.29) is 0 Å². The number of fused-ring (bicyclic) bond motifs is 2. The van der Waals surface area contributed by atoms with E-state index in [2.05, 4.69) is 397 Å². The third-order valence-corrected chi connectivity index (χ3v) is 21.0. The standard InChI is InChI=1S/C46H33N3.C34H25N3.C30H21N3/c1-32-15-14-24-37(25-32)44-47-45(42-28-38(33-16-6-2-7-17-33)26-39(29-42)34-18-8-3-9-19-34)49-46(48-44)43-30-40(35-20-10-4-11-21-35)27-41(31-43)36-22-12-5-13-23-36;1-24-11-8-18-29(21-24)32-35-33(30-19-9-16-27(22-30)25-12-4-2-5-13-25)37-34(36-32)31-20-10-17-28(23-31)26-14-6-3-7-15-26;1-20-7-6-12-25(17-20)28-31-29(26-15-13-21-8-2-4-10-23(21)18-26)33-30(32-28)27-16-14-22-9-3-5-11-24(22)19-27/h2-31H,1H3;2-23H,1H3;2-19H,1H3. The molecule has 20 rings (SSSR count). The lowest BCUT2D eigenvalue weighted by Crippen LogP contribution is -2.01. The number of aryl methyl sites for hydroxylation is 3. The van der Waals surface area contributed by atoms with Crippen LogP contribution in [0.4, 0.5) is 0 Å². The first-order valence-electron chi connectivity index (χ1n) is 39.9. The summed E-state index contributed by atoms with van der Waals surface area (Å²) < 4.78 is 0. The summed E-state index contributed by atoms with van der Waals surface area (Å²) in [5.74, 6) is 5.91. The number of nitrogens with zero attached hydrogens (tertiary/aromatic N) is 9. The second-order valence-electron chi connectivity index (χ2n) is 29.6. The average molecular weight is 1530 g/mol. The normalized spacial score (nSPS) is 11.0. The zero-order chi connectivity index (χ0) is 80.2. The zero-order valence-corrected chi connectivity index (χ0v) is 65.9. The van der Waals surface area contributed by atoms with Crippen LogP contribution in [-0.4, -0.2) is 44.9 Å². The molecule has 0 spiro atoms. The first kappa shape index (κ1) is 74.7. The molecule has 3 heterocycles.